The molecule has 0 aromatic heterocycles. The van der Waals surface area contributed by atoms with E-state index in [2.05, 4.69) is 25.7 Å². The predicted octanol–water partition coefficient (Wildman–Crippen LogP) is 3.41. The van der Waals surface area contributed by atoms with Crippen molar-refractivity contribution in [3.8, 4) is 0 Å². The first kappa shape index (κ1) is 15.0. The molecule has 17 heavy (non-hydrogen) atoms. The minimum atomic E-state index is 0.324. The van der Waals surface area contributed by atoms with Gasteiger partial charge in [-0.2, -0.15) is 0 Å². The number of hydrogen-bond donors (Lipinski definition) is 1. The fourth-order valence-corrected chi connectivity index (χ4v) is 3.39. The molecule has 2 unspecified atom stereocenters. The van der Waals surface area contributed by atoms with Gasteiger partial charge in [-0.05, 0) is 44.7 Å². The van der Waals surface area contributed by atoms with Crippen molar-refractivity contribution in [1.82, 2.24) is 4.90 Å². The zero-order chi connectivity index (χ0) is 12.7. The first-order chi connectivity index (χ1) is 8.21. The summed E-state index contributed by atoms with van der Waals surface area (Å²) in [5, 5.41) is 0. The van der Waals surface area contributed by atoms with Gasteiger partial charge in [-0.3, -0.25) is 4.90 Å². The van der Waals surface area contributed by atoms with Crippen molar-refractivity contribution in [3.63, 3.8) is 0 Å². The summed E-state index contributed by atoms with van der Waals surface area (Å²) in [5.74, 6) is 0.779. The summed E-state index contributed by atoms with van der Waals surface area (Å²) in [7, 11) is 0. The SMILES string of the molecule is CCCCN(CCCC)C1(CN)CCCC1C. The lowest BCUT2D eigenvalue weighted by atomic mass is 9.85. The third kappa shape index (κ3) is 3.45. The maximum atomic E-state index is 6.16. The van der Waals surface area contributed by atoms with E-state index in [1.165, 1.54) is 58.0 Å². The average molecular weight is 240 g/mol. The third-order valence-electron chi connectivity index (χ3n) is 4.71. The van der Waals surface area contributed by atoms with Gasteiger partial charge < -0.3 is 5.73 Å². The van der Waals surface area contributed by atoms with Gasteiger partial charge in [-0.1, -0.05) is 40.0 Å². The van der Waals surface area contributed by atoms with Crippen LogP contribution in [0, 0.1) is 5.92 Å². The maximum Gasteiger partial charge on any atom is 0.0357 e. The fourth-order valence-electron chi connectivity index (χ4n) is 3.39. The second-order valence-electron chi connectivity index (χ2n) is 5.80. The number of hydrogen-bond acceptors (Lipinski definition) is 2. The van der Waals surface area contributed by atoms with Gasteiger partial charge >= 0.3 is 0 Å². The van der Waals surface area contributed by atoms with Crippen molar-refractivity contribution >= 4 is 0 Å². The normalized spacial score (nSPS) is 29.1. The van der Waals surface area contributed by atoms with E-state index in [1.807, 2.05) is 0 Å². The van der Waals surface area contributed by atoms with Crippen LogP contribution in [0.2, 0.25) is 0 Å². The van der Waals surface area contributed by atoms with Gasteiger partial charge in [0.2, 0.25) is 0 Å². The molecule has 2 N–H and O–H groups in total. The molecule has 0 aromatic carbocycles. The van der Waals surface area contributed by atoms with Crippen molar-refractivity contribution in [1.29, 1.82) is 0 Å². The molecule has 2 nitrogen and oxygen atoms in total. The highest BCUT2D eigenvalue weighted by atomic mass is 15.2. The molecule has 0 radical (unpaired) electrons. The molecule has 2 atom stereocenters. The molecule has 0 aromatic rings. The van der Waals surface area contributed by atoms with E-state index in [1.54, 1.807) is 0 Å². The van der Waals surface area contributed by atoms with Crippen molar-refractivity contribution in [2.24, 2.45) is 11.7 Å². The Bertz CT molecular complexity index is 197. The minimum absolute atomic E-state index is 0.324. The van der Waals surface area contributed by atoms with Crippen LogP contribution in [0.1, 0.15) is 65.7 Å². The quantitative estimate of drug-likeness (QED) is 0.704. The van der Waals surface area contributed by atoms with Crippen LogP contribution in [0.4, 0.5) is 0 Å². The lowest BCUT2D eigenvalue weighted by Gasteiger charge is -2.44. The van der Waals surface area contributed by atoms with Crippen LogP contribution in [0.5, 0.6) is 0 Å². The summed E-state index contributed by atoms with van der Waals surface area (Å²) in [6.07, 6.45) is 9.27. The van der Waals surface area contributed by atoms with E-state index in [0.717, 1.165) is 12.5 Å². The van der Waals surface area contributed by atoms with Gasteiger partial charge in [-0.15, -0.1) is 0 Å². The molecule has 102 valence electrons. The van der Waals surface area contributed by atoms with Crippen LogP contribution < -0.4 is 5.73 Å². The molecule has 0 saturated heterocycles. The van der Waals surface area contributed by atoms with Crippen LogP contribution in [0.3, 0.4) is 0 Å². The maximum absolute atomic E-state index is 6.16. The molecule has 1 rings (SSSR count). The Kier molecular flexibility index (Phi) is 6.50. The zero-order valence-corrected chi connectivity index (χ0v) is 12.2. The monoisotopic (exact) mass is 240 g/mol. The average Bonchev–Trinajstić information content (AvgIpc) is 2.72. The molecule has 0 amide bonds. The van der Waals surface area contributed by atoms with Crippen molar-refractivity contribution in [3.05, 3.63) is 0 Å². The summed E-state index contributed by atoms with van der Waals surface area (Å²) in [5.41, 5.74) is 6.49. The summed E-state index contributed by atoms with van der Waals surface area (Å²) < 4.78 is 0. The highest BCUT2D eigenvalue weighted by molar-refractivity contribution is 5.00. The highest BCUT2D eigenvalue weighted by Gasteiger charge is 2.43. The minimum Gasteiger partial charge on any atom is -0.329 e. The number of unbranched alkanes of at least 4 members (excludes halogenated alkanes) is 2. The zero-order valence-electron chi connectivity index (χ0n) is 12.2. The van der Waals surface area contributed by atoms with Gasteiger partial charge in [-0.25, -0.2) is 0 Å². The van der Waals surface area contributed by atoms with Gasteiger partial charge in [0.15, 0.2) is 0 Å². The van der Waals surface area contributed by atoms with Crippen LogP contribution >= 0.6 is 0 Å². The molecule has 1 aliphatic carbocycles. The van der Waals surface area contributed by atoms with E-state index in [9.17, 15) is 0 Å². The highest BCUT2D eigenvalue weighted by Crippen LogP contribution is 2.39. The van der Waals surface area contributed by atoms with Crippen LogP contribution in [-0.4, -0.2) is 30.1 Å². The van der Waals surface area contributed by atoms with Gasteiger partial charge in [0.05, 0.1) is 0 Å². The predicted molar refractivity (Wildman–Crippen MR) is 76.2 cm³/mol. The van der Waals surface area contributed by atoms with E-state index in [4.69, 9.17) is 5.73 Å². The summed E-state index contributed by atoms with van der Waals surface area (Å²) >= 11 is 0. The smallest absolute Gasteiger partial charge is 0.0357 e. The molecule has 0 spiro atoms. The second-order valence-corrected chi connectivity index (χ2v) is 5.80. The summed E-state index contributed by atoms with van der Waals surface area (Å²) in [4.78, 5) is 2.73. The second kappa shape index (κ2) is 7.38. The summed E-state index contributed by atoms with van der Waals surface area (Å²) in [6, 6.07) is 0. The first-order valence-electron chi connectivity index (χ1n) is 7.66. The third-order valence-corrected chi connectivity index (χ3v) is 4.71. The Labute approximate surface area is 108 Å². The van der Waals surface area contributed by atoms with Crippen molar-refractivity contribution < 1.29 is 0 Å². The van der Waals surface area contributed by atoms with E-state index < -0.39 is 0 Å². The molecular weight excluding hydrogens is 208 g/mol. The Morgan fingerprint density at radius 3 is 2.12 bits per heavy atom. The fraction of sp³-hybridized carbons (Fsp3) is 1.00. The number of nitrogens with zero attached hydrogens (tertiary/aromatic N) is 1. The number of nitrogens with two attached hydrogens (primary N) is 1. The summed E-state index contributed by atoms with van der Waals surface area (Å²) in [6.45, 7) is 10.3. The Hall–Kier alpha value is -0.0800. The van der Waals surface area contributed by atoms with Crippen LogP contribution in [0.15, 0.2) is 0 Å². The van der Waals surface area contributed by atoms with Crippen LogP contribution in [-0.2, 0) is 0 Å². The molecule has 1 saturated carbocycles. The molecule has 1 aliphatic rings. The molecular formula is C15H32N2. The topological polar surface area (TPSA) is 29.3 Å². The lowest BCUT2D eigenvalue weighted by molar-refractivity contribution is 0.0606. The van der Waals surface area contributed by atoms with Gasteiger partial charge in [0, 0.05) is 12.1 Å². The molecule has 2 heteroatoms. The van der Waals surface area contributed by atoms with E-state index >= 15 is 0 Å². The lowest BCUT2D eigenvalue weighted by Crippen LogP contribution is -2.56. The largest absolute Gasteiger partial charge is 0.329 e. The van der Waals surface area contributed by atoms with Gasteiger partial charge in [0.25, 0.3) is 0 Å². The van der Waals surface area contributed by atoms with E-state index in [0.29, 0.717) is 5.54 Å². The number of rotatable bonds is 8. The Morgan fingerprint density at radius 1 is 1.18 bits per heavy atom. The molecule has 0 aliphatic heterocycles. The van der Waals surface area contributed by atoms with Gasteiger partial charge in [0.1, 0.15) is 0 Å². The van der Waals surface area contributed by atoms with Crippen LogP contribution in [0.25, 0.3) is 0 Å². The van der Waals surface area contributed by atoms with Crippen molar-refractivity contribution in [2.45, 2.75) is 71.3 Å². The Balaban J connectivity index is 2.69. The van der Waals surface area contributed by atoms with Crippen molar-refractivity contribution in [2.75, 3.05) is 19.6 Å². The molecule has 0 heterocycles. The standard InChI is InChI=1S/C15H32N2/c1-4-6-11-17(12-7-5-2)15(13-16)10-8-9-14(15)3/h14H,4-13,16H2,1-3H3. The molecule has 1 fully saturated rings. The molecule has 0 bridgehead atoms. The Morgan fingerprint density at radius 2 is 1.76 bits per heavy atom. The first-order valence-corrected chi connectivity index (χ1v) is 7.66. The van der Waals surface area contributed by atoms with E-state index in [-0.39, 0.29) is 0 Å².